The molecule has 198 valence electrons. The molecular formula is C30H33N3O5. The van der Waals surface area contributed by atoms with E-state index in [4.69, 9.17) is 0 Å². The van der Waals surface area contributed by atoms with Crippen molar-refractivity contribution in [2.75, 3.05) is 23.1 Å². The molecule has 0 unspecified atom stereocenters. The number of amides is 3. The summed E-state index contributed by atoms with van der Waals surface area (Å²) in [6, 6.07) is 19.2. The first-order chi connectivity index (χ1) is 18.0. The standard InChI is InChI=1S/C30H33N3O5/c1-19-6-12-22(13-7-19)32-29(37)24-15-14-23(31-26(34)16-17-27(35)38-5)18-25(24)33-28(36)20-8-10-21(11-9-20)30(2,3)4/h6-15,18H,16-17H2,1-5H3,(H,31,34)(H,32,37)(H,33,36). The quantitative estimate of drug-likeness (QED) is 0.334. The summed E-state index contributed by atoms with van der Waals surface area (Å²) < 4.78 is 4.57. The van der Waals surface area contributed by atoms with E-state index in [0.717, 1.165) is 11.1 Å². The Balaban J connectivity index is 1.86. The maximum atomic E-state index is 13.1. The molecule has 8 heteroatoms. The number of anilines is 3. The second kappa shape index (κ2) is 12.2. The lowest BCUT2D eigenvalue weighted by molar-refractivity contribution is -0.141. The molecule has 0 aliphatic rings. The fourth-order valence-corrected chi connectivity index (χ4v) is 3.62. The predicted molar refractivity (Wildman–Crippen MR) is 149 cm³/mol. The van der Waals surface area contributed by atoms with Gasteiger partial charge in [0.2, 0.25) is 5.91 Å². The van der Waals surface area contributed by atoms with Crippen molar-refractivity contribution >= 4 is 40.8 Å². The Kier molecular flexibility index (Phi) is 9.02. The number of hydrogen-bond acceptors (Lipinski definition) is 5. The van der Waals surface area contributed by atoms with Crippen LogP contribution in [0.5, 0.6) is 0 Å². The summed E-state index contributed by atoms with van der Waals surface area (Å²) in [6.45, 7) is 8.22. The van der Waals surface area contributed by atoms with Gasteiger partial charge in [0.05, 0.1) is 24.8 Å². The van der Waals surface area contributed by atoms with Crippen LogP contribution in [0.25, 0.3) is 0 Å². The molecule has 0 spiro atoms. The van der Waals surface area contributed by atoms with Gasteiger partial charge in [-0.2, -0.15) is 0 Å². The summed E-state index contributed by atoms with van der Waals surface area (Å²) >= 11 is 0. The molecule has 3 amide bonds. The number of esters is 1. The number of ether oxygens (including phenoxy) is 1. The Hall–Kier alpha value is -4.46. The highest BCUT2D eigenvalue weighted by Crippen LogP contribution is 2.25. The fourth-order valence-electron chi connectivity index (χ4n) is 3.62. The minimum Gasteiger partial charge on any atom is -0.469 e. The number of benzene rings is 3. The molecule has 0 atom stereocenters. The Labute approximate surface area is 222 Å². The van der Waals surface area contributed by atoms with Crippen LogP contribution in [0.1, 0.15) is 65.5 Å². The molecule has 3 rings (SSSR count). The average molecular weight is 516 g/mol. The van der Waals surface area contributed by atoms with Crippen molar-refractivity contribution in [1.82, 2.24) is 0 Å². The van der Waals surface area contributed by atoms with Gasteiger partial charge in [-0.1, -0.05) is 50.6 Å². The second-order valence-corrected chi connectivity index (χ2v) is 9.99. The molecule has 3 N–H and O–H groups in total. The van der Waals surface area contributed by atoms with E-state index < -0.39 is 23.7 Å². The zero-order valence-electron chi connectivity index (χ0n) is 22.3. The normalized spacial score (nSPS) is 10.9. The Morgan fingerprint density at radius 1 is 0.737 bits per heavy atom. The zero-order chi connectivity index (χ0) is 27.9. The molecule has 0 aliphatic heterocycles. The highest BCUT2D eigenvalue weighted by Gasteiger charge is 2.18. The number of nitrogens with one attached hydrogen (secondary N) is 3. The monoisotopic (exact) mass is 515 g/mol. The van der Waals surface area contributed by atoms with Gasteiger partial charge in [0.15, 0.2) is 0 Å². The van der Waals surface area contributed by atoms with E-state index in [1.165, 1.54) is 19.2 Å². The van der Waals surface area contributed by atoms with Gasteiger partial charge in [0, 0.05) is 23.4 Å². The lowest BCUT2D eigenvalue weighted by atomic mass is 9.86. The summed E-state index contributed by atoms with van der Waals surface area (Å²) in [6.07, 6.45) is -0.127. The third-order valence-corrected chi connectivity index (χ3v) is 5.90. The van der Waals surface area contributed by atoms with Crippen molar-refractivity contribution in [3.05, 3.63) is 89.0 Å². The molecule has 0 aliphatic carbocycles. The highest BCUT2D eigenvalue weighted by atomic mass is 16.5. The molecule has 0 heterocycles. The summed E-state index contributed by atoms with van der Waals surface area (Å²) in [5.41, 5.74) is 3.93. The van der Waals surface area contributed by atoms with E-state index >= 15 is 0 Å². The van der Waals surface area contributed by atoms with E-state index in [9.17, 15) is 19.2 Å². The molecule has 0 saturated heterocycles. The van der Waals surface area contributed by atoms with Crippen LogP contribution in [0.2, 0.25) is 0 Å². The van der Waals surface area contributed by atoms with Crippen LogP contribution >= 0.6 is 0 Å². The van der Waals surface area contributed by atoms with Crippen LogP contribution in [-0.4, -0.2) is 30.8 Å². The van der Waals surface area contributed by atoms with Gasteiger partial charge in [-0.05, 0) is 60.4 Å². The van der Waals surface area contributed by atoms with E-state index in [0.29, 0.717) is 16.9 Å². The first-order valence-corrected chi connectivity index (χ1v) is 12.3. The van der Waals surface area contributed by atoms with Gasteiger partial charge < -0.3 is 20.7 Å². The molecule has 0 fully saturated rings. The van der Waals surface area contributed by atoms with Crippen LogP contribution in [0.3, 0.4) is 0 Å². The Bertz CT molecular complexity index is 1320. The third-order valence-electron chi connectivity index (χ3n) is 5.90. The number of carbonyl (C=O) groups excluding carboxylic acids is 4. The molecular weight excluding hydrogens is 482 g/mol. The van der Waals surface area contributed by atoms with Gasteiger partial charge >= 0.3 is 5.97 Å². The van der Waals surface area contributed by atoms with Crippen LogP contribution in [0.15, 0.2) is 66.7 Å². The summed E-state index contributed by atoms with van der Waals surface area (Å²) in [4.78, 5) is 49.9. The van der Waals surface area contributed by atoms with Crippen molar-refractivity contribution < 1.29 is 23.9 Å². The number of carbonyl (C=O) groups is 4. The second-order valence-electron chi connectivity index (χ2n) is 9.99. The zero-order valence-corrected chi connectivity index (χ0v) is 22.3. The maximum absolute atomic E-state index is 13.1. The van der Waals surface area contributed by atoms with Crippen molar-refractivity contribution in [2.45, 2.75) is 46.0 Å². The smallest absolute Gasteiger partial charge is 0.306 e. The van der Waals surface area contributed by atoms with Crippen LogP contribution in [0, 0.1) is 6.92 Å². The number of hydrogen-bond donors (Lipinski definition) is 3. The molecule has 0 aromatic heterocycles. The average Bonchev–Trinajstić information content (AvgIpc) is 2.88. The van der Waals surface area contributed by atoms with Gasteiger partial charge in [-0.15, -0.1) is 0 Å². The lowest BCUT2D eigenvalue weighted by Crippen LogP contribution is -2.20. The van der Waals surface area contributed by atoms with Crippen LogP contribution in [0.4, 0.5) is 17.1 Å². The largest absolute Gasteiger partial charge is 0.469 e. The van der Waals surface area contributed by atoms with Crippen molar-refractivity contribution in [3.8, 4) is 0 Å². The van der Waals surface area contributed by atoms with Gasteiger partial charge in [0.1, 0.15) is 0 Å². The summed E-state index contributed by atoms with van der Waals surface area (Å²) in [5, 5.41) is 8.33. The SMILES string of the molecule is COC(=O)CCC(=O)Nc1ccc(C(=O)Nc2ccc(C)cc2)c(NC(=O)c2ccc(C(C)(C)C)cc2)c1. The predicted octanol–water partition coefficient (Wildman–Crippen LogP) is 5.69. The minimum atomic E-state index is -0.492. The first-order valence-electron chi connectivity index (χ1n) is 12.3. The Morgan fingerprint density at radius 3 is 1.97 bits per heavy atom. The molecule has 3 aromatic carbocycles. The lowest BCUT2D eigenvalue weighted by Gasteiger charge is -2.19. The van der Waals surface area contributed by atoms with Crippen LogP contribution < -0.4 is 16.0 Å². The van der Waals surface area contributed by atoms with E-state index in [1.54, 1.807) is 30.3 Å². The van der Waals surface area contributed by atoms with E-state index in [1.807, 2.05) is 31.2 Å². The molecule has 8 nitrogen and oxygen atoms in total. The topological polar surface area (TPSA) is 114 Å². The highest BCUT2D eigenvalue weighted by molar-refractivity contribution is 6.13. The number of methoxy groups -OCH3 is 1. The minimum absolute atomic E-state index is 0.0589. The van der Waals surface area contributed by atoms with Gasteiger partial charge in [0.25, 0.3) is 11.8 Å². The van der Waals surface area contributed by atoms with Gasteiger partial charge in [-0.25, -0.2) is 0 Å². The maximum Gasteiger partial charge on any atom is 0.306 e. The summed E-state index contributed by atoms with van der Waals surface area (Å²) in [7, 11) is 1.26. The van der Waals surface area contributed by atoms with Crippen molar-refractivity contribution in [1.29, 1.82) is 0 Å². The third kappa shape index (κ3) is 7.77. The molecule has 0 bridgehead atoms. The number of rotatable bonds is 8. The van der Waals surface area contributed by atoms with E-state index in [-0.39, 0.29) is 29.5 Å². The van der Waals surface area contributed by atoms with Crippen molar-refractivity contribution in [2.24, 2.45) is 0 Å². The molecule has 0 radical (unpaired) electrons. The van der Waals surface area contributed by atoms with Crippen LogP contribution in [-0.2, 0) is 19.7 Å². The molecule has 0 saturated carbocycles. The fraction of sp³-hybridized carbons (Fsp3) is 0.267. The van der Waals surface area contributed by atoms with Crippen molar-refractivity contribution in [3.63, 3.8) is 0 Å². The molecule has 3 aromatic rings. The number of aryl methyl sites for hydroxylation is 1. The summed E-state index contributed by atoms with van der Waals surface area (Å²) in [5.74, 6) is -1.71. The molecule has 38 heavy (non-hydrogen) atoms. The Morgan fingerprint density at radius 2 is 1.37 bits per heavy atom. The van der Waals surface area contributed by atoms with Gasteiger partial charge in [-0.3, -0.25) is 19.2 Å². The van der Waals surface area contributed by atoms with E-state index in [2.05, 4.69) is 41.5 Å². The first kappa shape index (κ1) is 28.1.